The van der Waals surface area contributed by atoms with E-state index >= 15 is 0 Å². The summed E-state index contributed by atoms with van der Waals surface area (Å²) in [6, 6.07) is 7.51. The number of benzene rings is 1. The topological polar surface area (TPSA) is 61.0 Å². The van der Waals surface area contributed by atoms with E-state index in [2.05, 4.69) is 9.97 Å². The maximum atomic E-state index is 5.84. The second kappa shape index (κ2) is 5.73. The maximum Gasteiger partial charge on any atom is 0.192 e. The number of rotatable bonds is 4. The summed E-state index contributed by atoms with van der Waals surface area (Å²) in [5.74, 6) is 0.771. The molecule has 2 aromatic rings. The van der Waals surface area contributed by atoms with Crippen LogP contribution in [0.2, 0.25) is 0 Å². The fourth-order valence-corrected chi connectivity index (χ4v) is 2.37. The third-order valence-electron chi connectivity index (χ3n) is 2.20. The van der Waals surface area contributed by atoms with E-state index in [0.717, 1.165) is 16.3 Å². The Kier molecular flexibility index (Phi) is 4.04. The van der Waals surface area contributed by atoms with Gasteiger partial charge >= 0.3 is 0 Å². The van der Waals surface area contributed by atoms with Gasteiger partial charge in [-0.1, -0.05) is 0 Å². The van der Waals surface area contributed by atoms with Crippen molar-refractivity contribution in [3.8, 4) is 5.75 Å². The summed E-state index contributed by atoms with van der Waals surface area (Å²) in [4.78, 5) is 9.53. The second-order valence-corrected chi connectivity index (χ2v) is 4.79. The van der Waals surface area contributed by atoms with Gasteiger partial charge in [0.25, 0.3) is 0 Å². The van der Waals surface area contributed by atoms with Crippen molar-refractivity contribution in [2.45, 2.75) is 23.9 Å². The Morgan fingerprint density at radius 1 is 1.33 bits per heavy atom. The molecule has 94 valence electrons. The van der Waals surface area contributed by atoms with Crippen molar-refractivity contribution in [2.24, 2.45) is 0 Å². The van der Waals surface area contributed by atoms with Crippen molar-refractivity contribution in [2.75, 3.05) is 12.3 Å². The fourth-order valence-electron chi connectivity index (χ4n) is 1.48. The predicted molar refractivity (Wildman–Crippen MR) is 72.9 cm³/mol. The molecule has 0 atom stereocenters. The standard InChI is InChI=1S/C13H15N3OS/c1-3-17-11-6-10(14)7-12(8-11)18-13-15-5-4-9(2)16-13/h4-8H,3,14H2,1-2H3. The summed E-state index contributed by atoms with van der Waals surface area (Å²) in [7, 11) is 0. The van der Waals surface area contributed by atoms with Gasteiger partial charge in [-0.25, -0.2) is 9.97 Å². The maximum absolute atomic E-state index is 5.84. The summed E-state index contributed by atoms with van der Waals surface area (Å²) in [6.45, 7) is 4.50. The average molecular weight is 261 g/mol. The molecule has 0 bridgehead atoms. The molecule has 0 aliphatic rings. The van der Waals surface area contributed by atoms with E-state index in [0.29, 0.717) is 17.5 Å². The first-order chi connectivity index (χ1) is 8.67. The molecule has 0 aliphatic heterocycles. The number of nitrogens with zero attached hydrogens (tertiary/aromatic N) is 2. The van der Waals surface area contributed by atoms with E-state index in [-0.39, 0.29) is 0 Å². The molecule has 0 spiro atoms. The molecule has 1 aromatic carbocycles. The van der Waals surface area contributed by atoms with Crippen LogP contribution in [-0.4, -0.2) is 16.6 Å². The minimum Gasteiger partial charge on any atom is -0.494 e. The zero-order chi connectivity index (χ0) is 13.0. The van der Waals surface area contributed by atoms with Gasteiger partial charge in [-0.3, -0.25) is 0 Å². The highest BCUT2D eigenvalue weighted by atomic mass is 32.2. The summed E-state index contributed by atoms with van der Waals surface area (Å²) in [5.41, 5.74) is 7.46. The Labute approximate surface area is 111 Å². The number of anilines is 1. The van der Waals surface area contributed by atoms with Crippen molar-refractivity contribution in [1.29, 1.82) is 0 Å². The van der Waals surface area contributed by atoms with Gasteiger partial charge in [0.15, 0.2) is 5.16 Å². The molecule has 0 saturated heterocycles. The van der Waals surface area contributed by atoms with Gasteiger partial charge in [-0.2, -0.15) is 0 Å². The molecule has 2 N–H and O–H groups in total. The Morgan fingerprint density at radius 2 is 2.17 bits per heavy atom. The minimum atomic E-state index is 0.620. The quantitative estimate of drug-likeness (QED) is 0.677. The molecule has 0 saturated carbocycles. The third-order valence-corrected chi connectivity index (χ3v) is 3.05. The van der Waals surface area contributed by atoms with E-state index in [9.17, 15) is 0 Å². The molecule has 1 heterocycles. The van der Waals surface area contributed by atoms with Gasteiger partial charge < -0.3 is 10.5 Å². The van der Waals surface area contributed by atoms with Crippen LogP contribution < -0.4 is 10.5 Å². The fraction of sp³-hybridized carbons (Fsp3) is 0.231. The number of hydrogen-bond acceptors (Lipinski definition) is 5. The highest BCUT2D eigenvalue weighted by Crippen LogP contribution is 2.30. The lowest BCUT2D eigenvalue weighted by atomic mass is 10.3. The molecule has 2 rings (SSSR count). The largest absolute Gasteiger partial charge is 0.494 e. The molecule has 0 radical (unpaired) electrons. The van der Waals surface area contributed by atoms with E-state index < -0.39 is 0 Å². The lowest BCUT2D eigenvalue weighted by Crippen LogP contribution is -1.94. The summed E-state index contributed by atoms with van der Waals surface area (Å²) in [5, 5.41) is 0.711. The monoisotopic (exact) mass is 261 g/mol. The van der Waals surface area contributed by atoms with Gasteiger partial charge in [-0.05, 0) is 43.8 Å². The molecule has 4 nitrogen and oxygen atoms in total. The predicted octanol–water partition coefficient (Wildman–Crippen LogP) is 2.92. The van der Waals surface area contributed by atoms with Crippen LogP contribution >= 0.6 is 11.8 Å². The Balaban J connectivity index is 2.23. The van der Waals surface area contributed by atoms with Crippen molar-refractivity contribution >= 4 is 17.4 Å². The lowest BCUT2D eigenvalue weighted by molar-refractivity contribution is 0.339. The van der Waals surface area contributed by atoms with Crippen molar-refractivity contribution in [3.05, 3.63) is 36.2 Å². The summed E-state index contributed by atoms with van der Waals surface area (Å²) < 4.78 is 5.45. The molecule has 1 aromatic heterocycles. The van der Waals surface area contributed by atoms with Crippen LogP contribution in [0, 0.1) is 6.92 Å². The number of aryl methyl sites for hydroxylation is 1. The normalized spacial score (nSPS) is 10.3. The Morgan fingerprint density at radius 3 is 2.89 bits per heavy atom. The number of hydrogen-bond donors (Lipinski definition) is 1. The zero-order valence-corrected chi connectivity index (χ0v) is 11.2. The third kappa shape index (κ3) is 3.37. The van der Waals surface area contributed by atoms with Crippen molar-refractivity contribution < 1.29 is 4.74 Å². The van der Waals surface area contributed by atoms with Gasteiger partial charge in [0.2, 0.25) is 0 Å². The van der Waals surface area contributed by atoms with Crippen LogP contribution in [0.25, 0.3) is 0 Å². The molecular formula is C13H15N3OS. The summed E-state index contributed by atoms with van der Waals surface area (Å²) >= 11 is 1.47. The molecule has 0 fully saturated rings. The Hall–Kier alpha value is -1.75. The Bertz CT molecular complexity index is 546. The van der Waals surface area contributed by atoms with Gasteiger partial charge in [0.05, 0.1) is 6.61 Å². The molecular weight excluding hydrogens is 246 g/mol. The van der Waals surface area contributed by atoms with Crippen LogP contribution in [0.1, 0.15) is 12.6 Å². The molecule has 18 heavy (non-hydrogen) atoms. The molecule has 0 amide bonds. The van der Waals surface area contributed by atoms with Gasteiger partial charge in [0, 0.05) is 28.5 Å². The van der Waals surface area contributed by atoms with Gasteiger partial charge in [-0.15, -0.1) is 0 Å². The van der Waals surface area contributed by atoms with E-state index in [1.54, 1.807) is 6.20 Å². The van der Waals surface area contributed by atoms with Gasteiger partial charge in [0.1, 0.15) is 5.75 Å². The SMILES string of the molecule is CCOc1cc(N)cc(Sc2nccc(C)n2)c1. The number of ether oxygens (including phenoxy) is 1. The number of nitrogen functional groups attached to an aromatic ring is 1. The first kappa shape index (κ1) is 12.7. The van der Waals surface area contributed by atoms with E-state index in [1.807, 2.05) is 38.1 Å². The number of nitrogens with two attached hydrogens (primary N) is 1. The molecule has 0 aliphatic carbocycles. The second-order valence-electron chi connectivity index (χ2n) is 3.75. The van der Waals surface area contributed by atoms with E-state index in [1.165, 1.54) is 11.8 Å². The van der Waals surface area contributed by atoms with Crippen LogP contribution in [0.3, 0.4) is 0 Å². The van der Waals surface area contributed by atoms with E-state index in [4.69, 9.17) is 10.5 Å². The lowest BCUT2D eigenvalue weighted by Gasteiger charge is -2.07. The molecule has 5 heteroatoms. The van der Waals surface area contributed by atoms with Crippen LogP contribution in [0.5, 0.6) is 5.75 Å². The van der Waals surface area contributed by atoms with Crippen LogP contribution in [0.4, 0.5) is 5.69 Å². The smallest absolute Gasteiger partial charge is 0.192 e. The first-order valence-electron chi connectivity index (χ1n) is 5.68. The highest BCUT2D eigenvalue weighted by Gasteiger charge is 2.04. The first-order valence-corrected chi connectivity index (χ1v) is 6.50. The average Bonchev–Trinajstić information content (AvgIpc) is 2.28. The van der Waals surface area contributed by atoms with Crippen LogP contribution in [0.15, 0.2) is 40.5 Å². The minimum absolute atomic E-state index is 0.620. The van der Waals surface area contributed by atoms with Crippen LogP contribution in [-0.2, 0) is 0 Å². The zero-order valence-electron chi connectivity index (χ0n) is 10.4. The number of aromatic nitrogens is 2. The highest BCUT2D eigenvalue weighted by molar-refractivity contribution is 7.99. The van der Waals surface area contributed by atoms with Crippen molar-refractivity contribution in [3.63, 3.8) is 0 Å². The van der Waals surface area contributed by atoms with Crippen molar-refractivity contribution in [1.82, 2.24) is 9.97 Å². The molecule has 0 unspecified atom stereocenters. The summed E-state index contributed by atoms with van der Waals surface area (Å²) in [6.07, 6.45) is 1.75.